The third-order valence-corrected chi connectivity index (χ3v) is 3.12. The standard InChI is InChI=1S/C10H14N6OS/c1-6(9(11)18)4-15(2)7-3-8-13-14-10(17)16(8)5-12-7/h3,5-6H,4H2,1-2H3,(H2,11,18)(H,14,17). The molecular weight excluding hydrogens is 252 g/mol. The fraction of sp³-hybridized carbons (Fsp3) is 0.400. The molecule has 0 aliphatic rings. The van der Waals surface area contributed by atoms with E-state index in [-0.39, 0.29) is 11.6 Å². The summed E-state index contributed by atoms with van der Waals surface area (Å²) in [7, 11) is 1.89. The molecule has 2 heterocycles. The summed E-state index contributed by atoms with van der Waals surface area (Å²) in [4.78, 5) is 17.9. The van der Waals surface area contributed by atoms with Gasteiger partial charge in [0.25, 0.3) is 0 Å². The minimum atomic E-state index is -0.303. The summed E-state index contributed by atoms with van der Waals surface area (Å²) in [6.07, 6.45) is 1.44. The van der Waals surface area contributed by atoms with Crippen molar-refractivity contribution in [3.63, 3.8) is 0 Å². The highest BCUT2D eigenvalue weighted by Gasteiger charge is 2.11. The Kier molecular flexibility index (Phi) is 3.28. The maximum atomic E-state index is 11.3. The number of H-pyrrole nitrogens is 1. The van der Waals surface area contributed by atoms with Crippen molar-refractivity contribution in [3.05, 3.63) is 22.9 Å². The lowest BCUT2D eigenvalue weighted by Gasteiger charge is -2.21. The van der Waals surface area contributed by atoms with Crippen LogP contribution in [0.2, 0.25) is 0 Å². The number of aromatic amines is 1. The van der Waals surface area contributed by atoms with E-state index < -0.39 is 0 Å². The van der Waals surface area contributed by atoms with E-state index in [9.17, 15) is 4.79 Å². The van der Waals surface area contributed by atoms with E-state index in [1.807, 2.05) is 18.9 Å². The number of fused-ring (bicyclic) bond motifs is 1. The van der Waals surface area contributed by atoms with Crippen molar-refractivity contribution in [2.75, 3.05) is 18.5 Å². The third-order valence-electron chi connectivity index (χ3n) is 2.72. The van der Waals surface area contributed by atoms with Gasteiger partial charge in [-0.05, 0) is 0 Å². The molecule has 1 atom stereocenters. The fourth-order valence-electron chi connectivity index (χ4n) is 1.60. The molecule has 3 N–H and O–H groups in total. The molecular formula is C10H14N6OS. The van der Waals surface area contributed by atoms with E-state index in [2.05, 4.69) is 15.2 Å². The van der Waals surface area contributed by atoms with Crippen molar-refractivity contribution in [1.82, 2.24) is 19.6 Å². The lowest BCUT2D eigenvalue weighted by molar-refractivity contribution is 0.733. The molecule has 96 valence electrons. The first-order valence-electron chi connectivity index (χ1n) is 5.42. The lowest BCUT2D eigenvalue weighted by Crippen LogP contribution is -2.31. The first-order chi connectivity index (χ1) is 8.49. The van der Waals surface area contributed by atoms with Crippen LogP contribution in [-0.2, 0) is 0 Å². The Morgan fingerprint density at radius 1 is 1.72 bits per heavy atom. The molecule has 0 aliphatic heterocycles. The average molecular weight is 266 g/mol. The topological polar surface area (TPSA) is 92.3 Å². The van der Waals surface area contributed by atoms with Gasteiger partial charge in [-0.25, -0.2) is 19.3 Å². The molecule has 2 aromatic heterocycles. The van der Waals surface area contributed by atoms with Crippen molar-refractivity contribution >= 4 is 28.7 Å². The average Bonchev–Trinajstić information content (AvgIpc) is 2.70. The van der Waals surface area contributed by atoms with Crippen LogP contribution >= 0.6 is 12.2 Å². The summed E-state index contributed by atoms with van der Waals surface area (Å²) in [6, 6.07) is 1.73. The number of nitrogens with zero attached hydrogens (tertiary/aromatic N) is 4. The minimum absolute atomic E-state index is 0.0874. The normalized spacial score (nSPS) is 12.6. The van der Waals surface area contributed by atoms with Gasteiger partial charge in [0, 0.05) is 25.6 Å². The number of aromatic nitrogens is 4. The summed E-state index contributed by atoms with van der Waals surface area (Å²) < 4.78 is 1.34. The van der Waals surface area contributed by atoms with E-state index in [4.69, 9.17) is 18.0 Å². The Morgan fingerprint density at radius 3 is 3.11 bits per heavy atom. The number of hydrogen-bond acceptors (Lipinski definition) is 5. The molecule has 18 heavy (non-hydrogen) atoms. The zero-order valence-electron chi connectivity index (χ0n) is 10.1. The van der Waals surface area contributed by atoms with Crippen molar-refractivity contribution in [1.29, 1.82) is 0 Å². The third kappa shape index (κ3) is 2.33. The zero-order valence-corrected chi connectivity index (χ0v) is 10.9. The molecule has 2 rings (SSSR count). The number of thiocarbonyl (C=S) groups is 1. The molecule has 2 aromatic rings. The predicted molar refractivity (Wildman–Crippen MR) is 72.8 cm³/mol. The van der Waals surface area contributed by atoms with Crippen LogP contribution in [0.4, 0.5) is 5.82 Å². The molecule has 8 heteroatoms. The molecule has 0 radical (unpaired) electrons. The molecule has 0 bridgehead atoms. The quantitative estimate of drug-likeness (QED) is 0.743. The molecule has 0 fully saturated rings. The van der Waals surface area contributed by atoms with Crippen LogP contribution < -0.4 is 16.3 Å². The first kappa shape index (κ1) is 12.5. The maximum Gasteiger partial charge on any atom is 0.348 e. The van der Waals surface area contributed by atoms with E-state index in [1.54, 1.807) is 6.07 Å². The SMILES string of the molecule is CC(CN(C)c1cc2n[nH]c(=O)n2cn1)C(N)=S. The van der Waals surface area contributed by atoms with Crippen LogP contribution in [0.1, 0.15) is 6.92 Å². The van der Waals surface area contributed by atoms with Crippen LogP contribution in [0.3, 0.4) is 0 Å². The second-order valence-electron chi connectivity index (χ2n) is 4.19. The molecule has 1 unspecified atom stereocenters. The number of nitrogens with two attached hydrogens (primary N) is 1. The summed E-state index contributed by atoms with van der Waals surface area (Å²) in [5.41, 5.74) is 5.80. The van der Waals surface area contributed by atoms with Crippen LogP contribution in [0.15, 0.2) is 17.2 Å². The van der Waals surface area contributed by atoms with Crippen molar-refractivity contribution in [3.8, 4) is 0 Å². The van der Waals surface area contributed by atoms with Gasteiger partial charge in [-0.2, -0.15) is 5.10 Å². The maximum absolute atomic E-state index is 11.3. The molecule has 0 amide bonds. The monoisotopic (exact) mass is 266 g/mol. The van der Waals surface area contributed by atoms with Gasteiger partial charge in [-0.1, -0.05) is 19.1 Å². The Hall–Kier alpha value is -1.96. The smallest absolute Gasteiger partial charge is 0.348 e. The number of anilines is 1. The number of hydrogen-bond donors (Lipinski definition) is 2. The van der Waals surface area contributed by atoms with Gasteiger partial charge in [0.05, 0.1) is 4.99 Å². The molecule has 0 saturated carbocycles. The Labute approximate surface area is 109 Å². The fourth-order valence-corrected chi connectivity index (χ4v) is 1.68. The zero-order chi connectivity index (χ0) is 13.3. The van der Waals surface area contributed by atoms with Gasteiger partial charge < -0.3 is 10.6 Å². The van der Waals surface area contributed by atoms with Crippen molar-refractivity contribution < 1.29 is 0 Å². The van der Waals surface area contributed by atoms with Gasteiger partial charge >= 0.3 is 5.69 Å². The van der Waals surface area contributed by atoms with Crippen LogP contribution in [0.25, 0.3) is 5.65 Å². The second kappa shape index (κ2) is 4.73. The Morgan fingerprint density at radius 2 is 2.44 bits per heavy atom. The van der Waals surface area contributed by atoms with Crippen molar-refractivity contribution in [2.24, 2.45) is 11.7 Å². The Balaban J connectivity index is 2.25. The predicted octanol–water partition coefficient (Wildman–Crippen LogP) is -0.224. The largest absolute Gasteiger partial charge is 0.393 e. The highest BCUT2D eigenvalue weighted by atomic mass is 32.1. The lowest BCUT2D eigenvalue weighted by atomic mass is 10.2. The van der Waals surface area contributed by atoms with Gasteiger partial charge in [0.1, 0.15) is 12.1 Å². The summed E-state index contributed by atoms with van der Waals surface area (Å²) in [5.74, 6) is 0.800. The van der Waals surface area contributed by atoms with Crippen LogP contribution in [0.5, 0.6) is 0 Å². The van der Waals surface area contributed by atoms with Crippen LogP contribution in [0, 0.1) is 5.92 Å². The highest BCUT2D eigenvalue weighted by molar-refractivity contribution is 7.80. The van der Waals surface area contributed by atoms with E-state index in [1.165, 1.54) is 10.7 Å². The highest BCUT2D eigenvalue weighted by Crippen LogP contribution is 2.11. The first-order valence-corrected chi connectivity index (χ1v) is 5.83. The van der Waals surface area contributed by atoms with E-state index in [0.29, 0.717) is 23.0 Å². The molecule has 0 spiro atoms. The van der Waals surface area contributed by atoms with Gasteiger partial charge in [-0.3, -0.25) is 0 Å². The molecule has 0 aliphatic carbocycles. The van der Waals surface area contributed by atoms with E-state index >= 15 is 0 Å². The Bertz CT molecular complexity index is 633. The summed E-state index contributed by atoms with van der Waals surface area (Å²) in [5, 5.41) is 6.24. The van der Waals surface area contributed by atoms with Gasteiger partial charge in [0.2, 0.25) is 0 Å². The molecule has 7 nitrogen and oxygen atoms in total. The summed E-state index contributed by atoms with van der Waals surface area (Å²) in [6.45, 7) is 2.61. The van der Waals surface area contributed by atoms with Gasteiger partial charge in [0.15, 0.2) is 5.65 Å². The molecule has 0 saturated heterocycles. The van der Waals surface area contributed by atoms with E-state index in [0.717, 1.165) is 0 Å². The molecule has 0 aromatic carbocycles. The second-order valence-corrected chi connectivity index (χ2v) is 4.66. The van der Waals surface area contributed by atoms with Crippen molar-refractivity contribution in [2.45, 2.75) is 6.92 Å². The van der Waals surface area contributed by atoms with Crippen LogP contribution in [-0.4, -0.2) is 38.2 Å². The number of rotatable bonds is 4. The minimum Gasteiger partial charge on any atom is -0.393 e. The van der Waals surface area contributed by atoms with Gasteiger partial charge in [-0.15, -0.1) is 0 Å². The number of nitrogens with one attached hydrogen (secondary N) is 1. The summed E-state index contributed by atoms with van der Waals surface area (Å²) >= 11 is 4.93.